The van der Waals surface area contributed by atoms with Crippen molar-refractivity contribution in [1.29, 1.82) is 0 Å². The van der Waals surface area contributed by atoms with Gasteiger partial charge in [-0.25, -0.2) is 4.68 Å². The minimum atomic E-state index is 0.609. The number of hydrogen-bond donors (Lipinski definition) is 1. The molecule has 4 heteroatoms. The molecule has 2 heterocycles. The lowest BCUT2D eigenvalue weighted by atomic mass is 10.1. The molecule has 16 heavy (non-hydrogen) atoms. The molecule has 0 aliphatic carbocycles. The maximum atomic E-state index is 4.51. The van der Waals surface area contributed by atoms with Crippen molar-refractivity contribution in [2.75, 3.05) is 11.9 Å². The summed E-state index contributed by atoms with van der Waals surface area (Å²) in [6.07, 6.45) is 0. The van der Waals surface area contributed by atoms with Crippen LogP contribution >= 0.6 is 0 Å². The molecule has 1 aliphatic heterocycles. The van der Waals surface area contributed by atoms with Gasteiger partial charge in [-0.05, 0) is 5.92 Å². The van der Waals surface area contributed by atoms with Crippen molar-refractivity contribution in [3.63, 3.8) is 0 Å². The van der Waals surface area contributed by atoms with Crippen molar-refractivity contribution >= 4 is 5.95 Å². The van der Waals surface area contributed by atoms with Gasteiger partial charge in [0.25, 0.3) is 0 Å². The molecule has 4 nitrogen and oxygen atoms in total. The van der Waals surface area contributed by atoms with E-state index in [1.54, 1.807) is 0 Å². The standard InChI is InChI=1S/C12H14N4/c1-9-7-13-12-14-11(15-16(12)8-9)10-5-3-2-4-6-10/h2-6,9H,7-8H2,1H3,(H,13,14,15). The van der Waals surface area contributed by atoms with Crippen LogP contribution in [0.3, 0.4) is 0 Å². The molecule has 0 saturated carbocycles. The van der Waals surface area contributed by atoms with E-state index < -0.39 is 0 Å². The zero-order chi connectivity index (χ0) is 11.0. The Morgan fingerprint density at radius 2 is 2.12 bits per heavy atom. The Balaban J connectivity index is 1.99. The summed E-state index contributed by atoms with van der Waals surface area (Å²) in [7, 11) is 0. The lowest BCUT2D eigenvalue weighted by molar-refractivity contribution is 0.444. The molecular formula is C12H14N4. The Morgan fingerprint density at radius 3 is 2.94 bits per heavy atom. The number of hydrogen-bond acceptors (Lipinski definition) is 3. The number of nitrogens with one attached hydrogen (secondary N) is 1. The molecule has 1 aliphatic rings. The lowest BCUT2D eigenvalue weighted by Crippen LogP contribution is -2.25. The van der Waals surface area contributed by atoms with Gasteiger partial charge in [-0.1, -0.05) is 37.3 Å². The fraction of sp³-hybridized carbons (Fsp3) is 0.333. The maximum Gasteiger partial charge on any atom is 0.221 e. The first kappa shape index (κ1) is 9.39. The fourth-order valence-electron chi connectivity index (χ4n) is 1.93. The molecule has 3 rings (SSSR count). The molecule has 0 spiro atoms. The third-order valence-electron chi connectivity index (χ3n) is 2.80. The zero-order valence-electron chi connectivity index (χ0n) is 9.22. The van der Waals surface area contributed by atoms with Crippen LogP contribution in [0.4, 0.5) is 5.95 Å². The Hall–Kier alpha value is -1.84. The van der Waals surface area contributed by atoms with E-state index in [9.17, 15) is 0 Å². The molecule has 0 bridgehead atoms. The Morgan fingerprint density at radius 1 is 1.31 bits per heavy atom. The van der Waals surface area contributed by atoms with Gasteiger partial charge in [-0.3, -0.25) is 0 Å². The number of fused-ring (bicyclic) bond motifs is 1. The van der Waals surface area contributed by atoms with E-state index in [-0.39, 0.29) is 0 Å². The number of aromatic nitrogens is 3. The topological polar surface area (TPSA) is 42.7 Å². The summed E-state index contributed by atoms with van der Waals surface area (Å²) >= 11 is 0. The molecule has 2 aromatic rings. The molecule has 1 atom stereocenters. The number of anilines is 1. The number of rotatable bonds is 1. The molecule has 1 aromatic heterocycles. The van der Waals surface area contributed by atoms with E-state index in [1.807, 2.05) is 35.0 Å². The van der Waals surface area contributed by atoms with Crippen LogP contribution in [-0.2, 0) is 6.54 Å². The lowest BCUT2D eigenvalue weighted by Gasteiger charge is -2.19. The molecule has 0 fully saturated rings. The largest absolute Gasteiger partial charge is 0.354 e. The smallest absolute Gasteiger partial charge is 0.221 e. The van der Waals surface area contributed by atoms with E-state index >= 15 is 0 Å². The first-order valence-corrected chi connectivity index (χ1v) is 5.57. The van der Waals surface area contributed by atoms with Gasteiger partial charge in [0, 0.05) is 18.7 Å². The highest BCUT2D eigenvalue weighted by atomic mass is 15.4. The summed E-state index contributed by atoms with van der Waals surface area (Å²) in [4.78, 5) is 4.50. The number of benzene rings is 1. The minimum absolute atomic E-state index is 0.609. The van der Waals surface area contributed by atoms with E-state index in [2.05, 4.69) is 22.3 Å². The Labute approximate surface area is 94.3 Å². The van der Waals surface area contributed by atoms with Crippen LogP contribution in [0, 0.1) is 5.92 Å². The van der Waals surface area contributed by atoms with Crippen molar-refractivity contribution < 1.29 is 0 Å². The van der Waals surface area contributed by atoms with Gasteiger partial charge >= 0.3 is 0 Å². The van der Waals surface area contributed by atoms with Crippen LogP contribution in [0.1, 0.15) is 6.92 Å². The molecule has 1 unspecified atom stereocenters. The maximum absolute atomic E-state index is 4.51. The molecule has 0 radical (unpaired) electrons. The van der Waals surface area contributed by atoms with Crippen LogP contribution in [0.25, 0.3) is 11.4 Å². The SMILES string of the molecule is CC1CNc2nc(-c3ccccc3)nn2C1. The summed E-state index contributed by atoms with van der Waals surface area (Å²) in [6.45, 7) is 4.13. The predicted octanol–water partition coefficient (Wildman–Crippen LogP) is 2.01. The van der Waals surface area contributed by atoms with Gasteiger partial charge in [0.1, 0.15) is 0 Å². The van der Waals surface area contributed by atoms with E-state index in [0.717, 1.165) is 30.4 Å². The predicted molar refractivity (Wildman–Crippen MR) is 63.1 cm³/mol. The van der Waals surface area contributed by atoms with E-state index in [0.29, 0.717) is 5.92 Å². The summed E-state index contributed by atoms with van der Waals surface area (Å²) in [5.74, 6) is 2.30. The summed E-state index contributed by atoms with van der Waals surface area (Å²) in [5.41, 5.74) is 1.07. The Bertz CT molecular complexity index is 489. The monoisotopic (exact) mass is 214 g/mol. The summed E-state index contributed by atoms with van der Waals surface area (Å²) in [5, 5.41) is 7.81. The first-order chi connectivity index (χ1) is 7.83. The van der Waals surface area contributed by atoms with Crippen molar-refractivity contribution in [1.82, 2.24) is 14.8 Å². The highest BCUT2D eigenvalue weighted by Crippen LogP contribution is 2.20. The first-order valence-electron chi connectivity index (χ1n) is 5.57. The third kappa shape index (κ3) is 1.56. The van der Waals surface area contributed by atoms with Gasteiger partial charge in [0.05, 0.1) is 0 Å². The third-order valence-corrected chi connectivity index (χ3v) is 2.80. The van der Waals surface area contributed by atoms with Gasteiger partial charge < -0.3 is 5.32 Å². The average molecular weight is 214 g/mol. The number of nitrogens with zero attached hydrogens (tertiary/aromatic N) is 3. The van der Waals surface area contributed by atoms with Crippen molar-refractivity contribution in [3.8, 4) is 11.4 Å². The van der Waals surface area contributed by atoms with Gasteiger partial charge in [-0.15, -0.1) is 5.10 Å². The van der Waals surface area contributed by atoms with E-state index in [1.165, 1.54) is 0 Å². The van der Waals surface area contributed by atoms with Crippen LogP contribution < -0.4 is 5.32 Å². The van der Waals surface area contributed by atoms with Crippen LogP contribution in [0.2, 0.25) is 0 Å². The minimum Gasteiger partial charge on any atom is -0.354 e. The normalized spacial score (nSPS) is 18.9. The quantitative estimate of drug-likeness (QED) is 0.789. The van der Waals surface area contributed by atoms with Gasteiger partial charge in [0.15, 0.2) is 5.82 Å². The second kappa shape index (κ2) is 3.63. The van der Waals surface area contributed by atoms with Gasteiger partial charge in [-0.2, -0.15) is 4.98 Å². The van der Waals surface area contributed by atoms with Gasteiger partial charge in [0.2, 0.25) is 5.95 Å². The molecule has 1 N–H and O–H groups in total. The molecule has 0 saturated heterocycles. The van der Waals surface area contributed by atoms with Crippen LogP contribution in [0.5, 0.6) is 0 Å². The summed E-state index contributed by atoms with van der Waals surface area (Å²) in [6, 6.07) is 10.1. The average Bonchev–Trinajstić information content (AvgIpc) is 2.73. The molecular weight excluding hydrogens is 200 g/mol. The zero-order valence-corrected chi connectivity index (χ0v) is 9.22. The summed E-state index contributed by atoms with van der Waals surface area (Å²) < 4.78 is 1.95. The van der Waals surface area contributed by atoms with Crippen molar-refractivity contribution in [2.24, 2.45) is 5.92 Å². The fourth-order valence-corrected chi connectivity index (χ4v) is 1.93. The highest BCUT2D eigenvalue weighted by Gasteiger charge is 2.18. The van der Waals surface area contributed by atoms with Crippen LogP contribution in [0.15, 0.2) is 30.3 Å². The Kier molecular flexibility index (Phi) is 2.13. The van der Waals surface area contributed by atoms with Crippen LogP contribution in [-0.4, -0.2) is 21.3 Å². The van der Waals surface area contributed by atoms with Crippen molar-refractivity contribution in [3.05, 3.63) is 30.3 Å². The molecule has 82 valence electrons. The van der Waals surface area contributed by atoms with Crippen molar-refractivity contribution in [2.45, 2.75) is 13.5 Å². The molecule has 0 amide bonds. The highest BCUT2D eigenvalue weighted by molar-refractivity contribution is 5.56. The second-order valence-electron chi connectivity index (χ2n) is 4.29. The molecule has 1 aromatic carbocycles. The second-order valence-corrected chi connectivity index (χ2v) is 4.29. The van der Waals surface area contributed by atoms with E-state index in [4.69, 9.17) is 0 Å².